The van der Waals surface area contributed by atoms with Crippen molar-refractivity contribution in [3.63, 3.8) is 0 Å². The van der Waals surface area contributed by atoms with Crippen LogP contribution in [0.15, 0.2) is 53.4 Å². The van der Waals surface area contributed by atoms with Gasteiger partial charge in [0.25, 0.3) is 15.9 Å². The fourth-order valence-corrected chi connectivity index (χ4v) is 4.95. The molecule has 2 heterocycles. The summed E-state index contributed by atoms with van der Waals surface area (Å²) in [6.07, 6.45) is 0. The highest BCUT2D eigenvalue weighted by atomic mass is 35.5. The molecule has 28 heavy (non-hydrogen) atoms. The molecule has 0 radical (unpaired) electrons. The zero-order valence-electron chi connectivity index (χ0n) is 15.6. The van der Waals surface area contributed by atoms with E-state index in [1.807, 2.05) is 11.8 Å². The summed E-state index contributed by atoms with van der Waals surface area (Å²) in [6, 6.07) is 13.4. The Morgan fingerprint density at radius 1 is 1.04 bits per heavy atom. The number of amides is 1. The van der Waals surface area contributed by atoms with Crippen molar-refractivity contribution >= 4 is 34.0 Å². The van der Waals surface area contributed by atoms with Crippen molar-refractivity contribution in [3.8, 4) is 0 Å². The van der Waals surface area contributed by atoms with Crippen molar-refractivity contribution in [3.05, 3.63) is 59.7 Å². The highest BCUT2D eigenvalue weighted by Gasteiger charge is 2.38. The van der Waals surface area contributed by atoms with Gasteiger partial charge in [-0.3, -0.25) is 9.52 Å². The van der Waals surface area contributed by atoms with E-state index in [9.17, 15) is 13.2 Å². The van der Waals surface area contributed by atoms with Crippen molar-refractivity contribution in [1.82, 2.24) is 10.2 Å². The average Bonchev–Trinajstić information content (AvgIpc) is 3.23. The number of carbonyl (C=O) groups excluding carboxylic acids is 1. The van der Waals surface area contributed by atoms with Gasteiger partial charge in [0, 0.05) is 26.2 Å². The Hall–Kier alpha value is -2.09. The number of nitrogens with zero attached hydrogens (tertiary/aromatic N) is 1. The lowest BCUT2D eigenvalue weighted by Gasteiger charge is -2.20. The third-order valence-corrected chi connectivity index (χ3v) is 6.79. The quantitative estimate of drug-likeness (QED) is 0.795. The number of likely N-dealkylation sites (tertiary alicyclic amines) is 1. The van der Waals surface area contributed by atoms with E-state index < -0.39 is 10.0 Å². The number of benzene rings is 2. The van der Waals surface area contributed by atoms with Crippen LogP contribution in [0, 0.1) is 18.8 Å². The number of halogens is 1. The third kappa shape index (κ3) is 4.01. The molecule has 2 aromatic carbocycles. The second kappa shape index (κ2) is 8.11. The molecule has 4 rings (SSSR count). The molecule has 6 nitrogen and oxygen atoms in total. The van der Waals surface area contributed by atoms with Crippen LogP contribution in [0.25, 0.3) is 0 Å². The van der Waals surface area contributed by atoms with Crippen LogP contribution in [0.2, 0.25) is 0 Å². The lowest BCUT2D eigenvalue weighted by atomic mass is 10.0. The highest BCUT2D eigenvalue weighted by molar-refractivity contribution is 7.92. The Morgan fingerprint density at radius 2 is 1.64 bits per heavy atom. The molecule has 0 spiro atoms. The number of nitrogens with one attached hydrogen (secondary N) is 2. The Bertz CT molecular complexity index is 951. The van der Waals surface area contributed by atoms with Gasteiger partial charge < -0.3 is 10.2 Å². The SMILES string of the molecule is Cc1ccc(S(=O)(=O)Nc2ccccc2C(=O)N2C[C@H]3CNC[C@H]3C2)cc1.Cl. The van der Waals surface area contributed by atoms with E-state index in [1.165, 1.54) is 0 Å². The largest absolute Gasteiger partial charge is 0.338 e. The van der Waals surface area contributed by atoms with Gasteiger partial charge in [0.1, 0.15) is 0 Å². The Labute approximate surface area is 171 Å². The molecule has 1 amide bonds. The van der Waals surface area contributed by atoms with E-state index in [-0.39, 0.29) is 23.2 Å². The van der Waals surface area contributed by atoms with Gasteiger partial charge in [0.05, 0.1) is 16.1 Å². The smallest absolute Gasteiger partial charge is 0.261 e. The van der Waals surface area contributed by atoms with Crippen LogP contribution in [0.5, 0.6) is 0 Å². The Morgan fingerprint density at radius 3 is 2.29 bits per heavy atom. The molecular weight excluding hydrogens is 398 g/mol. The van der Waals surface area contributed by atoms with Crippen LogP contribution >= 0.6 is 12.4 Å². The normalized spacial score (nSPS) is 21.1. The minimum absolute atomic E-state index is 0. The standard InChI is InChI=1S/C20H23N3O3S.ClH/c1-14-6-8-17(9-7-14)27(25,26)22-19-5-3-2-4-18(19)20(24)23-12-15-10-21-11-16(15)13-23;/h2-9,15-16,21-22H,10-13H2,1H3;1H/t15-,16+;. The summed E-state index contributed by atoms with van der Waals surface area (Å²) >= 11 is 0. The molecule has 8 heteroatoms. The molecule has 0 aliphatic carbocycles. The first kappa shape index (κ1) is 20.6. The number of hydrogen-bond donors (Lipinski definition) is 2. The second-order valence-electron chi connectivity index (χ2n) is 7.35. The topological polar surface area (TPSA) is 78.5 Å². The van der Waals surface area contributed by atoms with Gasteiger partial charge in [-0.1, -0.05) is 29.8 Å². The number of sulfonamides is 1. The molecule has 2 saturated heterocycles. The lowest BCUT2D eigenvalue weighted by molar-refractivity contribution is 0.0783. The maximum atomic E-state index is 13.0. The van der Waals surface area contributed by atoms with Crippen molar-refractivity contribution in [2.45, 2.75) is 11.8 Å². The summed E-state index contributed by atoms with van der Waals surface area (Å²) in [5.41, 5.74) is 1.69. The number of hydrogen-bond acceptors (Lipinski definition) is 4. The molecule has 0 aromatic heterocycles. The number of carbonyl (C=O) groups is 1. The van der Waals surface area contributed by atoms with E-state index >= 15 is 0 Å². The van der Waals surface area contributed by atoms with Crippen molar-refractivity contribution in [2.24, 2.45) is 11.8 Å². The molecule has 2 N–H and O–H groups in total. The molecule has 2 aliphatic heterocycles. The predicted molar refractivity (Wildman–Crippen MR) is 111 cm³/mol. The number of anilines is 1. The zero-order chi connectivity index (χ0) is 19.0. The van der Waals surface area contributed by atoms with Gasteiger partial charge >= 0.3 is 0 Å². The molecule has 0 unspecified atom stereocenters. The van der Waals surface area contributed by atoms with Crippen molar-refractivity contribution in [2.75, 3.05) is 30.9 Å². The van der Waals surface area contributed by atoms with Gasteiger partial charge in [0.15, 0.2) is 0 Å². The van der Waals surface area contributed by atoms with Gasteiger partial charge in [-0.2, -0.15) is 0 Å². The lowest BCUT2D eigenvalue weighted by Crippen LogP contribution is -2.32. The first-order valence-electron chi connectivity index (χ1n) is 9.12. The molecule has 2 fully saturated rings. The minimum atomic E-state index is -3.76. The van der Waals surface area contributed by atoms with Gasteiger partial charge in [-0.25, -0.2) is 8.42 Å². The summed E-state index contributed by atoms with van der Waals surface area (Å²) in [4.78, 5) is 15.1. The molecule has 0 saturated carbocycles. The van der Waals surface area contributed by atoms with Gasteiger partial charge in [-0.05, 0) is 43.0 Å². The third-order valence-electron chi connectivity index (χ3n) is 5.41. The van der Waals surface area contributed by atoms with Gasteiger partial charge in [-0.15, -0.1) is 12.4 Å². The van der Waals surface area contributed by atoms with Crippen LogP contribution in [-0.4, -0.2) is 45.4 Å². The van der Waals surface area contributed by atoms with E-state index in [0.29, 0.717) is 23.1 Å². The fraction of sp³-hybridized carbons (Fsp3) is 0.350. The fourth-order valence-electron chi connectivity index (χ4n) is 3.87. The summed E-state index contributed by atoms with van der Waals surface area (Å²) in [5, 5.41) is 3.36. The predicted octanol–water partition coefficient (Wildman–Crippen LogP) is 2.51. The molecule has 2 aliphatic rings. The zero-order valence-corrected chi connectivity index (χ0v) is 17.2. The monoisotopic (exact) mass is 421 g/mol. The molecule has 0 bridgehead atoms. The number of para-hydroxylation sites is 1. The second-order valence-corrected chi connectivity index (χ2v) is 9.04. The summed E-state index contributed by atoms with van der Waals surface area (Å²) < 4.78 is 28.0. The first-order valence-corrected chi connectivity index (χ1v) is 10.6. The van der Waals surface area contributed by atoms with Crippen molar-refractivity contribution < 1.29 is 13.2 Å². The van der Waals surface area contributed by atoms with Gasteiger partial charge in [0.2, 0.25) is 0 Å². The van der Waals surface area contributed by atoms with Crippen LogP contribution < -0.4 is 10.0 Å². The Balaban J connectivity index is 0.00000225. The Kier molecular flexibility index (Phi) is 5.98. The van der Waals surface area contributed by atoms with Crippen LogP contribution in [0.4, 0.5) is 5.69 Å². The maximum absolute atomic E-state index is 13.0. The van der Waals surface area contributed by atoms with E-state index in [0.717, 1.165) is 31.7 Å². The molecule has 150 valence electrons. The molecular formula is C20H24ClN3O3S. The average molecular weight is 422 g/mol. The van der Waals surface area contributed by atoms with Crippen LogP contribution in [0.1, 0.15) is 15.9 Å². The number of rotatable bonds is 4. The van der Waals surface area contributed by atoms with Crippen LogP contribution in [0.3, 0.4) is 0 Å². The van der Waals surface area contributed by atoms with E-state index in [2.05, 4.69) is 10.0 Å². The van der Waals surface area contributed by atoms with Crippen LogP contribution in [-0.2, 0) is 10.0 Å². The minimum Gasteiger partial charge on any atom is -0.338 e. The number of fused-ring (bicyclic) bond motifs is 1. The number of aryl methyl sites for hydroxylation is 1. The van der Waals surface area contributed by atoms with Crippen molar-refractivity contribution in [1.29, 1.82) is 0 Å². The summed E-state index contributed by atoms with van der Waals surface area (Å²) in [5.74, 6) is 0.863. The van der Waals surface area contributed by atoms with E-state index in [1.54, 1.807) is 48.5 Å². The highest BCUT2D eigenvalue weighted by Crippen LogP contribution is 2.29. The summed E-state index contributed by atoms with van der Waals surface area (Å²) in [6.45, 7) is 5.22. The molecule has 2 atom stereocenters. The first-order chi connectivity index (χ1) is 12.9. The van der Waals surface area contributed by atoms with E-state index in [4.69, 9.17) is 0 Å². The molecule has 2 aromatic rings. The summed E-state index contributed by atoms with van der Waals surface area (Å²) in [7, 11) is -3.76. The maximum Gasteiger partial charge on any atom is 0.261 e.